The summed E-state index contributed by atoms with van der Waals surface area (Å²) >= 11 is 0. The molecule has 1 N–H and O–H groups in total. The van der Waals surface area contributed by atoms with E-state index in [4.69, 9.17) is 4.99 Å². The molecule has 1 heterocycles. The van der Waals surface area contributed by atoms with Crippen molar-refractivity contribution in [2.24, 2.45) is 4.99 Å². The highest BCUT2D eigenvalue weighted by atomic mass is 16.1. The van der Waals surface area contributed by atoms with Crippen molar-refractivity contribution >= 4 is 17.3 Å². The molecule has 0 saturated heterocycles. The van der Waals surface area contributed by atoms with Gasteiger partial charge in [0.05, 0.1) is 11.8 Å². The van der Waals surface area contributed by atoms with E-state index in [0.29, 0.717) is 12.1 Å². The molecule has 0 aromatic heterocycles. The smallest absolute Gasteiger partial charge is 0.251 e. The molecule has 1 atom stereocenters. The summed E-state index contributed by atoms with van der Waals surface area (Å²) in [5.41, 5.74) is 5.00. The zero-order valence-corrected chi connectivity index (χ0v) is 15.9. The number of hydrogen-bond acceptors (Lipinski definition) is 3. The van der Waals surface area contributed by atoms with Gasteiger partial charge in [-0.25, -0.2) is 0 Å². The summed E-state index contributed by atoms with van der Waals surface area (Å²) < 4.78 is 0. The number of carbonyl (C=O) groups excluding carboxylic acids is 1. The van der Waals surface area contributed by atoms with Gasteiger partial charge in [-0.1, -0.05) is 66.7 Å². The average molecular weight is 369 g/mol. The van der Waals surface area contributed by atoms with Gasteiger partial charge in [0.15, 0.2) is 0 Å². The van der Waals surface area contributed by atoms with Gasteiger partial charge in [0, 0.05) is 42.5 Å². The van der Waals surface area contributed by atoms with Crippen LogP contribution < -0.4 is 10.2 Å². The lowest BCUT2D eigenvalue weighted by Crippen LogP contribution is -2.37. The molecule has 0 saturated carbocycles. The molecule has 0 aliphatic carbocycles. The molecule has 4 rings (SSSR count). The Morgan fingerprint density at radius 1 is 0.964 bits per heavy atom. The first-order valence-electron chi connectivity index (χ1n) is 9.49. The molecule has 3 aromatic carbocycles. The van der Waals surface area contributed by atoms with Crippen LogP contribution in [0.1, 0.15) is 21.5 Å². The van der Waals surface area contributed by atoms with Crippen LogP contribution in [0.4, 0.5) is 5.69 Å². The van der Waals surface area contributed by atoms with E-state index in [0.717, 1.165) is 29.1 Å². The Hall–Kier alpha value is -3.40. The molecule has 0 bridgehead atoms. The first kappa shape index (κ1) is 18.0. The van der Waals surface area contributed by atoms with Crippen LogP contribution in [0.25, 0.3) is 0 Å². The summed E-state index contributed by atoms with van der Waals surface area (Å²) in [4.78, 5) is 19.7. The number of benzene rings is 3. The highest BCUT2D eigenvalue weighted by molar-refractivity contribution is 6.16. The molecule has 4 nitrogen and oxygen atoms in total. The molecule has 0 radical (unpaired) electrons. The molecule has 1 aliphatic heterocycles. The molecular formula is C24H23N3O. The van der Waals surface area contributed by atoms with Gasteiger partial charge in [-0.3, -0.25) is 9.79 Å². The molecule has 0 spiro atoms. The van der Waals surface area contributed by atoms with Crippen molar-refractivity contribution in [1.82, 2.24) is 5.32 Å². The number of likely N-dealkylation sites (N-methyl/N-ethyl adjacent to an activating group) is 1. The van der Waals surface area contributed by atoms with E-state index in [2.05, 4.69) is 47.6 Å². The number of benzodiazepines with no additional fused rings is 1. The van der Waals surface area contributed by atoms with Crippen LogP contribution in [-0.2, 0) is 0 Å². The second-order valence-electron chi connectivity index (χ2n) is 6.97. The predicted octanol–water partition coefficient (Wildman–Crippen LogP) is 3.77. The van der Waals surface area contributed by atoms with Crippen LogP contribution >= 0.6 is 0 Å². The summed E-state index contributed by atoms with van der Waals surface area (Å²) in [5, 5.41) is 3.04. The van der Waals surface area contributed by atoms with Crippen molar-refractivity contribution < 1.29 is 4.79 Å². The van der Waals surface area contributed by atoms with Crippen molar-refractivity contribution in [3.8, 4) is 0 Å². The van der Waals surface area contributed by atoms with Crippen LogP contribution in [0.5, 0.6) is 0 Å². The SMILES string of the molecule is CN1CC(CNC(=O)c2ccccc2)N=C(c2ccccc2)c2ccccc21. The van der Waals surface area contributed by atoms with Gasteiger partial charge >= 0.3 is 0 Å². The summed E-state index contributed by atoms with van der Waals surface area (Å²) in [7, 11) is 2.08. The molecule has 140 valence electrons. The predicted molar refractivity (Wildman–Crippen MR) is 114 cm³/mol. The van der Waals surface area contributed by atoms with Gasteiger partial charge in [-0.05, 0) is 18.2 Å². The number of anilines is 1. The Labute approximate surface area is 165 Å². The van der Waals surface area contributed by atoms with E-state index in [1.807, 2.05) is 54.6 Å². The van der Waals surface area contributed by atoms with Gasteiger partial charge < -0.3 is 10.2 Å². The maximum Gasteiger partial charge on any atom is 0.251 e. The molecule has 4 heteroatoms. The van der Waals surface area contributed by atoms with E-state index < -0.39 is 0 Å². The Kier molecular flexibility index (Phi) is 5.20. The fourth-order valence-electron chi connectivity index (χ4n) is 3.55. The topological polar surface area (TPSA) is 44.7 Å². The average Bonchev–Trinajstić information content (AvgIpc) is 2.90. The van der Waals surface area contributed by atoms with Crippen molar-refractivity contribution in [2.45, 2.75) is 6.04 Å². The third-order valence-corrected chi connectivity index (χ3v) is 4.95. The van der Waals surface area contributed by atoms with Gasteiger partial charge in [-0.15, -0.1) is 0 Å². The highest BCUT2D eigenvalue weighted by Gasteiger charge is 2.23. The normalized spacial score (nSPS) is 16.0. The van der Waals surface area contributed by atoms with Crippen LogP contribution in [0.3, 0.4) is 0 Å². The third kappa shape index (κ3) is 3.81. The van der Waals surface area contributed by atoms with Crippen LogP contribution in [0.15, 0.2) is 89.9 Å². The van der Waals surface area contributed by atoms with Crippen LogP contribution in [0, 0.1) is 0 Å². The molecular weight excluding hydrogens is 346 g/mol. The molecule has 1 aliphatic rings. The maximum atomic E-state index is 12.5. The molecule has 28 heavy (non-hydrogen) atoms. The van der Waals surface area contributed by atoms with E-state index in [1.54, 1.807) is 0 Å². The Morgan fingerprint density at radius 2 is 1.61 bits per heavy atom. The molecule has 1 amide bonds. The maximum absolute atomic E-state index is 12.5. The lowest BCUT2D eigenvalue weighted by Gasteiger charge is -2.22. The van der Waals surface area contributed by atoms with E-state index >= 15 is 0 Å². The summed E-state index contributed by atoms with van der Waals surface area (Å²) in [5.74, 6) is -0.0681. The number of nitrogens with zero attached hydrogens (tertiary/aromatic N) is 2. The van der Waals surface area contributed by atoms with Crippen LogP contribution in [-0.4, -0.2) is 37.8 Å². The van der Waals surface area contributed by atoms with Crippen LogP contribution in [0.2, 0.25) is 0 Å². The quantitative estimate of drug-likeness (QED) is 0.761. The minimum atomic E-state index is -0.0681. The number of hydrogen-bond donors (Lipinski definition) is 1. The van der Waals surface area contributed by atoms with Gasteiger partial charge in [-0.2, -0.15) is 0 Å². The lowest BCUT2D eigenvalue weighted by atomic mass is 10.0. The fraction of sp³-hybridized carbons (Fsp3) is 0.167. The first-order chi connectivity index (χ1) is 13.7. The second-order valence-corrected chi connectivity index (χ2v) is 6.97. The number of carbonyl (C=O) groups is 1. The summed E-state index contributed by atoms with van der Waals surface area (Å²) in [6, 6.07) is 27.8. The largest absolute Gasteiger partial charge is 0.372 e. The highest BCUT2D eigenvalue weighted by Crippen LogP contribution is 2.26. The standard InChI is InChI=1S/C24H23N3O/c1-27-17-20(16-25-24(28)19-12-6-3-7-13-19)26-23(18-10-4-2-5-11-18)21-14-8-9-15-22(21)27/h2-15,20H,16-17H2,1H3,(H,25,28). The fourth-order valence-corrected chi connectivity index (χ4v) is 3.55. The number of fused-ring (bicyclic) bond motifs is 1. The number of aliphatic imine (C=N–C) groups is 1. The summed E-state index contributed by atoms with van der Waals surface area (Å²) in [6.07, 6.45) is 0. The lowest BCUT2D eigenvalue weighted by molar-refractivity contribution is 0.0951. The Balaban J connectivity index is 1.63. The molecule has 1 unspecified atom stereocenters. The molecule has 0 fully saturated rings. The van der Waals surface area contributed by atoms with E-state index in [9.17, 15) is 4.79 Å². The van der Waals surface area contributed by atoms with Gasteiger partial charge in [0.2, 0.25) is 0 Å². The number of para-hydroxylation sites is 1. The zero-order valence-electron chi connectivity index (χ0n) is 15.9. The van der Waals surface area contributed by atoms with Gasteiger partial charge in [0.1, 0.15) is 0 Å². The van der Waals surface area contributed by atoms with Crippen molar-refractivity contribution in [3.63, 3.8) is 0 Å². The Bertz CT molecular complexity index is 983. The summed E-state index contributed by atoms with van der Waals surface area (Å²) in [6.45, 7) is 1.23. The minimum Gasteiger partial charge on any atom is -0.372 e. The van der Waals surface area contributed by atoms with E-state index in [1.165, 1.54) is 0 Å². The number of amides is 1. The van der Waals surface area contributed by atoms with E-state index in [-0.39, 0.29) is 11.9 Å². The van der Waals surface area contributed by atoms with Crippen molar-refractivity contribution in [3.05, 3.63) is 102 Å². The van der Waals surface area contributed by atoms with Crippen molar-refractivity contribution in [2.75, 3.05) is 25.0 Å². The number of rotatable bonds is 4. The first-order valence-corrected chi connectivity index (χ1v) is 9.49. The second kappa shape index (κ2) is 8.09. The Morgan fingerprint density at radius 3 is 2.36 bits per heavy atom. The monoisotopic (exact) mass is 369 g/mol. The van der Waals surface area contributed by atoms with Gasteiger partial charge in [0.25, 0.3) is 5.91 Å². The van der Waals surface area contributed by atoms with Crippen molar-refractivity contribution in [1.29, 1.82) is 0 Å². The molecule has 3 aromatic rings. The minimum absolute atomic E-state index is 0.0414. The third-order valence-electron chi connectivity index (χ3n) is 4.95. The number of nitrogens with one attached hydrogen (secondary N) is 1. The zero-order chi connectivity index (χ0) is 19.3.